The molecule has 0 aliphatic heterocycles. The molecule has 10 aromatic carbocycles. The molecule has 0 atom stereocenters. The molecule has 0 N–H and O–H groups in total. The van der Waals surface area contributed by atoms with Gasteiger partial charge in [-0.15, -0.1) is 11.3 Å². The Hall–Kier alpha value is -7.06. The zero-order valence-electron chi connectivity index (χ0n) is 31.2. The molecule has 0 fully saturated rings. The largest absolute Gasteiger partial charge is 0.135 e. The Balaban J connectivity index is 1.04. The maximum absolute atomic E-state index is 2.39. The highest BCUT2D eigenvalue weighted by atomic mass is 32.1. The summed E-state index contributed by atoms with van der Waals surface area (Å²) < 4.78 is 1.30. The minimum atomic E-state index is 1.21. The van der Waals surface area contributed by atoms with Crippen LogP contribution in [0.3, 0.4) is 0 Å². The average Bonchev–Trinajstić information content (AvgIpc) is 3.68. The Labute approximate surface area is 336 Å². The quantitative estimate of drug-likeness (QED) is 0.149. The van der Waals surface area contributed by atoms with E-state index in [4.69, 9.17) is 0 Å². The summed E-state index contributed by atoms with van der Waals surface area (Å²) in [6, 6.07) is 80.1. The molecule has 0 unspecified atom stereocenters. The van der Waals surface area contributed by atoms with Gasteiger partial charge >= 0.3 is 0 Å². The third kappa shape index (κ3) is 5.75. The topological polar surface area (TPSA) is 0 Å². The van der Waals surface area contributed by atoms with Crippen LogP contribution in [0.4, 0.5) is 0 Å². The smallest absolute Gasteiger partial charge is 0.0433 e. The lowest BCUT2D eigenvalue weighted by Gasteiger charge is -2.18. The molecule has 0 radical (unpaired) electrons. The zero-order valence-corrected chi connectivity index (χ0v) is 32.0. The molecule has 11 aromatic rings. The molecule has 0 bridgehead atoms. The van der Waals surface area contributed by atoms with Crippen molar-refractivity contribution in [2.75, 3.05) is 0 Å². The van der Waals surface area contributed by atoms with Gasteiger partial charge in [0.2, 0.25) is 0 Å². The number of fused-ring (bicyclic) bond motifs is 4. The molecular formula is C56H36S. The van der Waals surface area contributed by atoms with E-state index >= 15 is 0 Å². The second-order valence-corrected chi connectivity index (χ2v) is 15.8. The van der Waals surface area contributed by atoms with Crippen molar-refractivity contribution in [1.29, 1.82) is 0 Å². The third-order valence-corrected chi connectivity index (χ3v) is 12.7. The van der Waals surface area contributed by atoms with E-state index in [0.29, 0.717) is 0 Å². The Morgan fingerprint density at radius 2 is 0.719 bits per heavy atom. The predicted molar refractivity (Wildman–Crippen MR) is 247 cm³/mol. The summed E-state index contributed by atoms with van der Waals surface area (Å²) in [5.41, 5.74) is 13.7. The second-order valence-electron chi connectivity index (χ2n) is 14.8. The molecule has 0 nitrogen and oxygen atoms in total. The van der Waals surface area contributed by atoms with Crippen LogP contribution in [0.25, 0.3) is 108 Å². The van der Waals surface area contributed by atoms with Crippen LogP contribution in [0.15, 0.2) is 218 Å². The molecule has 0 aliphatic rings. The van der Waals surface area contributed by atoms with E-state index in [9.17, 15) is 0 Å². The molecule has 0 saturated carbocycles. The summed E-state index contributed by atoms with van der Waals surface area (Å²) in [6.45, 7) is 0. The van der Waals surface area contributed by atoms with Crippen LogP contribution in [0.2, 0.25) is 0 Å². The van der Waals surface area contributed by atoms with Gasteiger partial charge in [0.15, 0.2) is 0 Å². The van der Waals surface area contributed by atoms with E-state index in [-0.39, 0.29) is 0 Å². The van der Waals surface area contributed by atoms with Crippen molar-refractivity contribution in [2.45, 2.75) is 0 Å². The van der Waals surface area contributed by atoms with E-state index in [2.05, 4.69) is 218 Å². The van der Waals surface area contributed by atoms with Crippen molar-refractivity contribution in [3.63, 3.8) is 0 Å². The average molecular weight is 741 g/mol. The fraction of sp³-hybridized carbons (Fsp3) is 0. The number of benzene rings is 10. The summed E-state index contributed by atoms with van der Waals surface area (Å²) in [7, 11) is 0. The summed E-state index contributed by atoms with van der Waals surface area (Å²) in [5.74, 6) is 0. The monoisotopic (exact) mass is 740 g/mol. The highest BCUT2D eigenvalue weighted by Crippen LogP contribution is 2.47. The van der Waals surface area contributed by atoms with Crippen LogP contribution in [0.5, 0.6) is 0 Å². The lowest BCUT2D eigenvalue weighted by molar-refractivity contribution is 1.62. The van der Waals surface area contributed by atoms with Crippen molar-refractivity contribution >= 4 is 53.7 Å². The van der Waals surface area contributed by atoms with Gasteiger partial charge in [0.25, 0.3) is 0 Å². The first kappa shape index (κ1) is 33.3. The van der Waals surface area contributed by atoms with Crippen LogP contribution in [-0.2, 0) is 0 Å². The molecule has 57 heavy (non-hydrogen) atoms. The van der Waals surface area contributed by atoms with Crippen LogP contribution < -0.4 is 0 Å². The van der Waals surface area contributed by atoms with Crippen LogP contribution >= 0.6 is 11.3 Å². The van der Waals surface area contributed by atoms with Gasteiger partial charge in [0.1, 0.15) is 0 Å². The highest BCUT2D eigenvalue weighted by molar-refractivity contribution is 7.23. The highest BCUT2D eigenvalue weighted by Gasteiger charge is 2.19. The molecule has 0 spiro atoms. The number of hydrogen-bond acceptors (Lipinski definition) is 1. The maximum Gasteiger partial charge on any atom is 0.0433 e. The minimum absolute atomic E-state index is 1.21. The first-order valence-electron chi connectivity index (χ1n) is 19.6. The van der Waals surface area contributed by atoms with Gasteiger partial charge in [-0.2, -0.15) is 0 Å². The van der Waals surface area contributed by atoms with Crippen molar-refractivity contribution in [3.05, 3.63) is 218 Å². The summed E-state index contributed by atoms with van der Waals surface area (Å²) in [6.07, 6.45) is 0. The van der Waals surface area contributed by atoms with Gasteiger partial charge in [-0.1, -0.05) is 200 Å². The molecule has 0 aliphatic carbocycles. The number of rotatable bonds is 6. The van der Waals surface area contributed by atoms with Crippen LogP contribution in [0.1, 0.15) is 0 Å². The fourth-order valence-electron chi connectivity index (χ4n) is 8.86. The van der Waals surface area contributed by atoms with Gasteiger partial charge in [-0.05, 0) is 106 Å². The van der Waals surface area contributed by atoms with Crippen molar-refractivity contribution in [2.24, 2.45) is 0 Å². The van der Waals surface area contributed by atoms with E-state index in [1.54, 1.807) is 0 Å². The molecule has 266 valence electrons. The molecular weight excluding hydrogens is 705 g/mol. The fourth-order valence-corrected chi connectivity index (χ4v) is 10.1. The lowest BCUT2D eigenvalue weighted by Crippen LogP contribution is -1.91. The zero-order chi connectivity index (χ0) is 37.7. The van der Waals surface area contributed by atoms with Crippen molar-refractivity contribution in [1.82, 2.24) is 0 Å². The van der Waals surface area contributed by atoms with E-state index in [0.717, 1.165) is 0 Å². The van der Waals surface area contributed by atoms with Crippen LogP contribution in [0, 0.1) is 0 Å². The van der Waals surface area contributed by atoms with Gasteiger partial charge < -0.3 is 0 Å². The SMILES string of the molecule is c1ccc(-c2sc3ccc(-c4ccc(-c5c6ccccc6c(-c6cccc(-c7cccc8ccccc78)c6)c6ccccc56)cc4)cc3c2-c2ccccc2)cc1. The molecule has 1 heteroatoms. The molecule has 1 heterocycles. The van der Waals surface area contributed by atoms with Crippen molar-refractivity contribution in [3.8, 4) is 66.1 Å². The van der Waals surface area contributed by atoms with Gasteiger partial charge in [0, 0.05) is 20.5 Å². The Morgan fingerprint density at radius 1 is 0.246 bits per heavy atom. The predicted octanol–water partition coefficient (Wildman–Crippen LogP) is 16.4. The van der Waals surface area contributed by atoms with Gasteiger partial charge in [0.05, 0.1) is 0 Å². The summed E-state index contributed by atoms with van der Waals surface area (Å²) in [4.78, 5) is 1.31. The maximum atomic E-state index is 2.39. The van der Waals surface area contributed by atoms with Gasteiger partial charge in [-0.25, -0.2) is 0 Å². The first-order chi connectivity index (χ1) is 28.3. The third-order valence-electron chi connectivity index (χ3n) is 11.5. The Kier molecular flexibility index (Phi) is 8.12. The number of hydrogen-bond donors (Lipinski definition) is 0. The standard InChI is InChI=1S/C56H36S/c1-3-16-39(17-4-1)55-51-36-42(33-34-52(51)57-56(55)41-18-5-2-6-19-41)37-29-31-40(32-30-37)53-47-24-9-11-26-49(47)54(50-27-12-10-25-48(50)53)44-22-13-21-43(35-44)46-28-14-20-38-15-7-8-23-45(38)46/h1-36H. The Morgan fingerprint density at radius 3 is 1.40 bits per heavy atom. The minimum Gasteiger partial charge on any atom is -0.135 e. The summed E-state index contributed by atoms with van der Waals surface area (Å²) >= 11 is 1.88. The van der Waals surface area contributed by atoms with E-state index in [1.165, 1.54) is 108 Å². The lowest BCUT2D eigenvalue weighted by atomic mass is 9.85. The number of thiophene rings is 1. The van der Waals surface area contributed by atoms with E-state index < -0.39 is 0 Å². The molecule has 1 aromatic heterocycles. The Bertz CT molecular complexity index is 3200. The molecule has 11 rings (SSSR count). The van der Waals surface area contributed by atoms with Gasteiger partial charge in [-0.3, -0.25) is 0 Å². The summed E-state index contributed by atoms with van der Waals surface area (Å²) in [5, 5.41) is 8.86. The van der Waals surface area contributed by atoms with Crippen molar-refractivity contribution < 1.29 is 0 Å². The van der Waals surface area contributed by atoms with E-state index in [1.807, 2.05) is 11.3 Å². The normalized spacial score (nSPS) is 11.5. The second kappa shape index (κ2) is 13.9. The first-order valence-corrected chi connectivity index (χ1v) is 20.4. The molecule has 0 amide bonds. The molecule has 0 saturated heterocycles. The van der Waals surface area contributed by atoms with Crippen LogP contribution in [-0.4, -0.2) is 0 Å².